The molecule has 3 N–H and O–H groups in total. The third-order valence-electron chi connectivity index (χ3n) is 2.98. The molecule has 21 heavy (non-hydrogen) atoms. The quantitative estimate of drug-likeness (QED) is 0.771. The number of hydrogen-bond acceptors (Lipinski definition) is 4. The van der Waals surface area contributed by atoms with Gasteiger partial charge in [0.05, 0.1) is 30.4 Å². The van der Waals surface area contributed by atoms with Gasteiger partial charge in [-0.15, -0.1) is 0 Å². The van der Waals surface area contributed by atoms with Crippen LogP contribution in [0.4, 0.5) is 14.5 Å². The van der Waals surface area contributed by atoms with Crippen LogP contribution in [0.2, 0.25) is 0 Å². The van der Waals surface area contributed by atoms with Crippen LogP contribution >= 0.6 is 0 Å². The van der Waals surface area contributed by atoms with Crippen LogP contribution in [0.1, 0.15) is 16.8 Å². The molecule has 0 spiro atoms. The van der Waals surface area contributed by atoms with E-state index in [1.807, 2.05) is 0 Å². The number of carboxylic acids is 1. The molecule has 6 nitrogen and oxygen atoms in total. The minimum Gasteiger partial charge on any atom is -0.478 e. The third-order valence-corrected chi connectivity index (χ3v) is 2.98. The molecule has 1 aliphatic rings. The average Bonchev–Trinajstić information content (AvgIpc) is 2.42. The van der Waals surface area contributed by atoms with Gasteiger partial charge >= 0.3 is 5.97 Å². The first-order valence-electron chi connectivity index (χ1n) is 6.32. The fourth-order valence-electron chi connectivity index (χ4n) is 1.97. The molecule has 0 bridgehead atoms. The van der Waals surface area contributed by atoms with Crippen LogP contribution in [0, 0.1) is 11.6 Å². The van der Waals surface area contributed by atoms with Gasteiger partial charge in [-0.25, -0.2) is 13.6 Å². The Morgan fingerprint density at radius 3 is 2.76 bits per heavy atom. The molecule has 1 unspecified atom stereocenters. The number of rotatable bonds is 4. The number of hydrogen-bond donors (Lipinski definition) is 3. The van der Waals surface area contributed by atoms with E-state index in [1.165, 1.54) is 0 Å². The summed E-state index contributed by atoms with van der Waals surface area (Å²) in [6.45, 7) is 1.68. The summed E-state index contributed by atoms with van der Waals surface area (Å²) < 4.78 is 32.1. The number of benzene rings is 1. The Labute approximate surface area is 119 Å². The first-order valence-corrected chi connectivity index (χ1v) is 6.32. The number of morpholine rings is 1. The number of halogens is 2. The summed E-state index contributed by atoms with van der Waals surface area (Å²) in [6.07, 6.45) is -0.340. The fourth-order valence-corrected chi connectivity index (χ4v) is 1.97. The van der Waals surface area contributed by atoms with Gasteiger partial charge in [-0.1, -0.05) is 0 Å². The summed E-state index contributed by atoms with van der Waals surface area (Å²) in [5.41, 5.74) is -1.08. The number of nitrogens with one attached hydrogen (secondary N) is 2. The van der Waals surface area contributed by atoms with E-state index in [-0.39, 0.29) is 18.2 Å². The van der Waals surface area contributed by atoms with Gasteiger partial charge in [-0.3, -0.25) is 4.79 Å². The molecule has 1 aliphatic heterocycles. The number of carbonyl (C=O) groups is 2. The van der Waals surface area contributed by atoms with Crippen molar-refractivity contribution in [3.8, 4) is 0 Å². The Kier molecular flexibility index (Phi) is 4.81. The van der Waals surface area contributed by atoms with Gasteiger partial charge in [0.1, 0.15) is 11.6 Å². The van der Waals surface area contributed by atoms with E-state index in [0.717, 1.165) is 6.07 Å². The Bertz CT molecular complexity index is 559. The normalized spacial score (nSPS) is 18.3. The molecular weight excluding hydrogens is 286 g/mol. The van der Waals surface area contributed by atoms with Gasteiger partial charge in [0.25, 0.3) is 0 Å². The maximum absolute atomic E-state index is 13.5. The smallest absolute Gasteiger partial charge is 0.338 e. The molecule has 1 saturated heterocycles. The second-order valence-electron chi connectivity index (χ2n) is 4.57. The molecule has 2 rings (SSSR count). The van der Waals surface area contributed by atoms with E-state index in [9.17, 15) is 18.4 Å². The number of amides is 1. The highest BCUT2D eigenvalue weighted by Gasteiger charge is 2.20. The van der Waals surface area contributed by atoms with Crippen molar-refractivity contribution in [1.29, 1.82) is 0 Å². The fraction of sp³-hybridized carbons (Fsp3) is 0.385. The van der Waals surface area contributed by atoms with Gasteiger partial charge in [0.15, 0.2) is 0 Å². The highest BCUT2D eigenvalue weighted by molar-refractivity contribution is 5.94. The van der Waals surface area contributed by atoms with Crippen LogP contribution < -0.4 is 10.6 Å². The maximum atomic E-state index is 13.5. The van der Waals surface area contributed by atoms with Crippen molar-refractivity contribution in [3.63, 3.8) is 0 Å². The second kappa shape index (κ2) is 6.59. The standard InChI is InChI=1S/C13H14F2N2O4/c14-9-5-10(15)11(4-8(9)13(19)20)17-12(18)3-7-6-16-1-2-21-7/h4-5,7,16H,1-3,6H2,(H,17,18)(H,19,20). The van der Waals surface area contributed by atoms with Crippen molar-refractivity contribution in [2.75, 3.05) is 25.0 Å². The monoisotopic (exact) mass is 300 g/mol. The lowest BCUT2D eigenvalue weighted by molar-refractivity contribution is -0.119. The van der Waals surface area contributed by atoms with E-state index >= 15 is 0 Å². The lowest BCUT2D eigenvalue weighted by atomic mass is 10.1. The van der Waals surface area contributed by atoms with E-state index in [1.54, 1.807) is 0 Å². The van der Waals surface area contributed by atoms with Crippen LogP contribution in [-0.2, 0) is 9.53 Å². The van der Waals surface area contributed by atoms with Crippen LogP contribution in [0.25, 0.3) is 0 Å². The van der Waals surface area contributed by atoms with Gasteiger partial charge in [-0.05, 0) is 6.07 Å². The minimum absolute atomic E-state index is 0.00772. The van der Waals surface area contributed by atoms with E-state index < -0.39 is 29.1 Å². The minimum atomic E-state index is -1.54. The number of ether oxygens (including phenoxy) is 1. The largest absolute Gasteiger partial charge is 0.478 e. The molecular formula is C13H14F2N2O4. The van der Waals surface area contributed by atoms with Crippen LogP contribution in [-0.4, -0.2) is 42.8 Å². The Morgan fingerprint density at radius 1 is 1.38 bits per heavy atom. The molecule has 0 aromatic heterocycles. The zero-order chi connectivity index (χ0) is 15.4. The molecule has 0 radical (unpaired) electrons. The van der Waals surface area contributed by atoms with E-state index in [0.29, 0.717) is 25.8 Å². The number of carbonyl (C=O) groups excluding carboxylic acids is 1. The SMILES string of the molecule is O=C(CC1CNCCO1)Nc1cc(C(=O)O)c(F)cc1F. The zero-order valence-electron chi connectivity index (χ0n) is 11.0. The van der Waals surface area contributed by atoms with Gasteiger partial charge in [0, 0.05) is 19.2 Å². The molecule has 1 amide bonds. The lowest BCUT2D eigenvalue weighted by Crippen LogP contribution is -2.40. The van der Waals surface area contributed by atoms with Crippen molar-refractivity contribution >= 4 is 17.6 Å². The molecule has 1 fully saturated rings. The number of aromatic carboxylic acids is 1. The van der Waals surface area contributed by atoms with Crippen molar-refractivity contribution < 1.29 is 28.2 Å². The lowest BCUT2D eigenvalue weighted by Gasteiger charge is -2.23. The molecule has 1 atom stereocenters. The molecule has 0 saturated carbocycles. The van der Waals surface area contributed by atoms with Crippen molar-refractivity contribution in [3.05, 3.63) is 29.3 Å². The van der Waals surface area contributed by atoms with Crippen molar-refractivity contribution in [2.24, 2.45) is 0 Å². The van der Waals surface area contributed by atoms with E-state index in [2.05, 4.69) is 10.6 Å². The van der Waals surface area contributed by atoms with Crippen LogP contribution in [0.5, 0.6) is 0 Å². The first-order chi connectivity index (χ1) is 9.97. The maximum Gasteiger partial charge on any atom is 0.338 e. The Balaban J connectivity index is 2.06. The van der Waals surface area contributed by atoms with E-state index in [4.69, 9.17) is 9.84 Å². The first kappa shape index (κ1) is 15.3. The van der Waals surface area contributed by atoms with Gasteiger partial charge in [0.2, 0.25) is 5.91 Å². The summed E-state index contributed by atoms with van der Waals surface area (Å²) in [5, 5.41) is 14.0. The molecule has 1 aromatic rings. The third kappa shape index (κ3) is 3.96. The van der Waals surface area contributed by atoms with Crippen LogP contribution in [0.15, 0.2) is 12.1 Å². The Hall–Kier alpha value is -2.06. The Morgan fingerprint density at radius 2 is 2.14 bits per heavy atom. The molecule has 1 heterocycles. The van der Waals surface area contributed by atoms with Crippen molar-refractivity contribution in [1.82, 2.24) is 5.32 Å². The number of carboxylic acid groups (broad SMARTS) is 1. The highest BCUT2D eigenvalue weighted by atomic mass is 19.1. The highest BCUT2D eigenvalue weighted by Crippen LogP contribution is 2.20. The second-order valence-corrected chi connectivity index (χ2v) is 4.57. The topological polar surface area (TPSA) is 87.7 Å². The summed E-state index contributed by atoms with van der Waals surface area (Å²) >= 11 is 0. The molecule has 8 heteroatoms. The number of anilines is 1. The predicted molar refractivity (Wildman–Crippen MR) is 69.2 cm³/mol. The summed E-state index contributed by atoms with van der Waals surface area (Å²) in [6, 6.07) is 1.18. The van der Waals surface area contributed by atoms with Gasteiger partial charge in [-0.2, -0.15) is 0 Å². The zero-order valence-corrected chi connectivity index (χ0v) is 11.0. The average molecular weight is 300 g/mol. The summed E-state index contributed by atoms with van der Waals surface area (Å²) in [5.74, 6) is -4.31. The molecule has 0 aliphatic carbocycles. The molecule has 1 aromatic carbocycles. The van der Waals surface area contributed by atoms with Gasteiger partial charge < -0.3 is 20.5 Å². The summed E-state index contributed by atoms with van der Waals surface area (Å²) in [7, 11) is 0. The summed E-state index contributed by atoms with van der Waals surface area (Å²) in [4.78, 5) is 22.6. The predicted octanol–water partition coefficient (Wildman–Crippen LogP) is 0.980. The van der Waals surface area contributed by atoms with Crippen LogP contribution in [0.3, 0.4) is 0 Å². The molecule has 114 valence electrons. The van der Waals surface area contributed by atoms with Crippen molar-refractivity contribution in [2.45, 2.75) is 12.5 Å².